The Morgan fingerprint density at radius 3 is 2.08 bits per heavy atom. The molecule has 0 aromatic carbocycles. The normalized spacial score (nSPS) is 24.6. The summed E-state index contributed by atoms with van der Waals surface area (Å²) in [6, 6.07) is 0. The van der Waals surface area contributed by atoms with E-state index >= 15 is 0 Å². The fraction of sp³-hybridized carbons (Fsp3) is 0.778. The first-order chi connectivity index (χ1) is 5.87. The maximum Gasteiger partial charge on any atom is 0.260 e. The Labute approximate surface area is 77.5 Å². The molecule has 72 valence electrons. The molecule has 1 aliphatic rings. The van der Waals surface area contributed by atoms with Crippen LogP contribution in [0.15, 0.2) is 4.52 Å². The Hall–Kier alpha value is -1.06. The molecular weight excluding hydrogens is 166 g/mol. The van der Waals surface area contributed by atoms with Gasteiger partial charge in [-0.1, -0.05) is 27.7 Å². The van der Waals surface area contributed by atoms with Gasteiger partial charge in [0.05, 0.1) is 0 Å². The lowest BCUT2D eigenvalue weighted by atomic mass is 10.0. The minimum absolute atomic E-state index is 0.228. The largest absolute Gasteiger partial charge is 0.365 e. The number of hydrogen-bond acceptors (Lipinski definition) is 4. The fourth-order valence-electron chi connectivity index (χ4n) is 2.18. The van der Waals surface area contributed by atoms with E-state index in [9.17, 15) is 0 Å². The minimum atomic E-state index is 0.228. The molecule has 0 radical (unpaired) electrons. The van der Waals surface area contributed by atoms with Crippen molar-refractivity contribution in [1.82, 2.24) is 10.1 Å². The average molecular weight is 181 g/mol. The van der Waals surface area contributed by atoms with Crippen molar-refractivity contribution in [2.24, 2.45) is 10.8 Å². The topological polar surface area (TPSA) is 64.9 Å². The van der Waals surface area contributed by atoms with Gasteiger partial charge in [-0.05, 0) is 16.0 Å². The number of hydrogen-bond donors (Lipinski definition) is 1. The molecular formula is C9H15N3O. The SMILES string of the molecule is CC1(C)C(c2nc(N)no2)C1(C)C. The third kappa shape index (κ3) is 0.913. The summed E-state index contributed by atoms with van der Waals surface area (Å²) in [5.74, 6) is 1.24. The molecule has 1 aromatic rings. The highest BCUT2D eigenvalue weighted by Crippen LogP contribution is 2.73. The summed E-state index contributed by atoms with van der Waals surface area (Å²) < 4.78 is 5.07. The molecule has 1 aromatic heterocycles. The van der Waals surface area contributed by atoms with Crippen LogP contribution in [0, 0.1) is 10.8 Å². The van der Waals surface area contributed by atoms with Crippen molar-refractivity contribution in [3.8, 4) is 0 Å². The van der Waals surface area contributed by atoms with E-state index in [-0.39, 0.29) is 16.8 Å². The van der Waals surface area contributed by atoms with E-state index in [4.69, 9.17) is 10.3 Å². The lowest BCUT2D eigenvalue weighted by Gasteiger charge is -2.03. The Morgan fingerprint density at radius 2 is 1.77 bits per heavy atom. The molecule has 4 nitrogen and oxygen atoms in total. The van der Waals surface area contributed by atoms with Crippen molar-refractivity contribution < 1.29 is 4.52 Å². The number of aromatic nitrogens is 2. The lowest BCUT2D eigenvalue weighted by molar-refractivity contribution is 0.366. The summed E-state index contributed by atoms with van der Waals surface area (Å²) in [6.07, 6.45) is 0. The van der Waals surface area contributed by atoms with Crippen LogP contribution in [0.5, 0.6) is 0 Å². The third-order valence-corrected chi connectivity index (χ3v) is 3.73. The molecule has 1 fully saturated rings. The molecule has 13 heavy (non-hydrogen) atoms. The van der Waals surface area contributed by atoms with E-state index in [0.29, 0.717) is 11.8 Å². The average Bonchev–Trinajstić information content (AvgIpc) is 2.32. The second-order valence-corrected chi connectivity index (χ2v) is 4.87. The van der Waals surface area contributed by atoms with Crippen LogP contribution < -0.4 is 5.73 Å². The van der Waals surface area contributed by atoms with Gasteiger partial charge >= 0.3 is 0 Å². The first-order valence-electron chi connectivity index (χ1n) is 4.46. The smallest absolute Gasteiger partial charge is 0.260 e. The van der Waals surface area contributed by atoms with Crippen molar-refractivity contribution >= 4 is 5.95 Å². The second-order valence-electron chi connectivity index (χ2n) is 4.87. The van der Waals surface area contributed by atoms with E-state index in [2.05, 4.69) is 37.8 Å². The van der Waals surface area contributed by atoms with Gasteiger partial charge in [-0.25, -0.2) is 0 Å². The van der Waals surface area contributed by atoms with Crippen LogP contribution in [-0.4, -0.2) is 10.1 Å². The number of nitrogens with two attached hydrogens (primary N) is 1. The van der Waals surface area contributed by atoms with Crippen molar-refractivity contribution in [3.05, 3.63) is 5.89 Å². The summed E-state index contributed by atoms with van der Waals surface area (Å²) >= 11 is 0. The van der Waals surface area contributed by atoms with Crippen molar-refractivity contribution in [2.75, 3.05) is 5.73 Å². The van der Waals surface area contributed by atoms with Gasteiger partial charge in [0.2, 0.25) is 5.89 Å². The maximum absolute atomic E-state index is 5.41. The van der Waals surface area contributed by atoms with E-state index in [1.54, 1.807) is 0 Å². The van der Waals surface area contributed by atoms with Gasteiger partial charge in [0.25, 0.3) is 5.95 Å². The zero-order chi connectivity index (χ0) is 9.85. The lowest BCUT2D eigenvalue weighted by Crippen LogP contribution is -1.95. The predicted octanol–water partition coefficient (Wildman–Crippen LogP) is 1.80. The van der Waals surface area contributed by atoms with E-state index in [1.165, 1.54) is 0 Å². The molecule has 0 aliphatic heterocycles. The molecule has 1 saturated carbocycles. The third-order valence-electron chi connectivity index (χ3n) is 3.73. The molecule has 1 aliphatic carbocycles. The second kappa shape index (κ2) is 2.05. The first-order valence-corrected chi connectivity index (χ1v) is 4.46. The maximum atomic E-state index is 5.41. The zero-order valence-electron chi connectivity index (χ0n) is 8.46. The van der Waals surface area contributed by atoms with Gasteiger partial charge in [-0.2, -0.15) is 4.98 Å². The van der Waals surface area contributed by atoms with Crippen molar-refractivity contribution in [3.63, 3.8) is 0 Å². The Morgan fingerprint density at radius 1 is 1.23 bits per heavy atom. The molecule has 2 N–H and O–H groups in total. The van der Waals surface area contributed by atoms with Crippen LogP contribution in [0.3, 0.4) is 0 Å². The summed E-state index contributed by atoms with van der Waals surface area (Å²) in [6.45, 7) is 8.83. The number of rotatable bonds is 1. The van der Waals surface area contributed by atoms with Crippen LogP contribution in [0.25, 0.3) is 0 Å². The standard InChI is InChI=1S/C9H15N3O/c1-8(2)5(9(8,3)4)6-11-7(10)12-13-6/h5H,1-4H3,(H2,10,12). The molecule has 0 unspecified atom stereocenters. The van der Waals surface area contributed by atoms with Crippen LogP contribution in [-0.2, 0) is 0 Å². The van der Waals surface area contributed by atoms with Gasteiger partial charge < -0.3 is 10.3 Å². The minimum Gasteiger partial charge on any atom is -0.365 e. The summed E-state index contributed by atoms with van der Waals surface area (Å²) in [4.78, 5) is 4.06. The Bertz CT molecular complexity index is 326. The molecule has 2 rings (SSSR count). The van der Waals surface area contributed by atoms with Crippen LogP contribution in [0.4, 0.5) is 5.95 Å². The first kappa shape index (κ1) is 8.53. The van der Waals surface area contributed by atoms with Gasteiger partial charge in [-0.3, -0.25) is 0 Å². The predicted molar refractivity (Wildman–Crippen MR) is 49.0 cm³/mol. The Kier molecular flexibility index (Phi) is 1.35. The Balaban J connectivity index is 2.32. The molecule has 0 atom stereocenters. The fourth-order valence-corrected chi connectivity index (χ4v) is 2.18. The highest BCUT2D eigenvalue weighted by molar-refractivity contribution is 5.27. The van der Waals surface area contributed by atoms with Crippen LogP contribution in [0.1, 0.15) is 39.5 Å². The van der Waals surface area contributed by atoms with Gasteiger partial charge in [0.15, 0.2) is 0 Å². The van der Waals surface area contributed by atoms with E-state index in [0.717, 1.165) is 0 Å². The number of anilines is 1. The molecule has 0 bridgehead atoms. The monoisotopic (exact) mass is 181 g/mol. The summed E-state index contributed by atoms with van der Waals surface area (Å²) in [5.41, 5.74) is 5.86. The summed E-state index contributed by atoms with van der Waals surface area (Å²) in [5, 5.41) is 3.60. The quantitative estimate of drug-likeness (QED) is 0.717. The van der Waals surface area contributed by atoms with Gasteiger partial charge in [0, 0.05) is 5.92 Å². The van der Waals surface area contributed by atoms with Crippen LogP contribution >= 0.6 is 0 Å². The highest BCUT2D eigenvalue weighted by Gasteiger charge is 2.67. The van der Waals surface area contributed by atoms with Crippen molar-refractivity contribution in [2.45, 2.75) is 33.6 Å². The van der Waals surface area contributed by atoms with E-state index < -0.39 is 0 Å². The van der Waals surface area contributed by atoms with Gasteiger partial charge in [-0.15, -0.1) is 0 Å². The molecule has 0 amide bonds. The molecule has 0 spiro atoms. The van der Waals surface area contributed by atoms with Crippen molar-refractivity contribution in [1.29, 1.82) is 0 Å². The van der Waals surface area contributed by atoms with E-state index in [1.807, 2.05) is 0 Å². The molecule has 1 heterocycles. The molecule has 4 heteroatoms. The van der Waals surface area contributed by atoms with Gasteiger partial charge in [0.1, 0.15) is 0 Å². The zero-order valence-corrected chi connectivity index (χ0v) is 8.46. The number of nitrogen functional groups attached to an aromatic ring is 1. The molecule has 0 saturated heterocycles. The number of nitrogens with zero attached hydrogens (tertiary/aromatic N) is 2. The summed E-state index contributed by atoms with van der Waals surface area (Å²) in [7, 11) is 0. The highest BCUT2D eigenvalue weighted by atomic mass is 16.5. The van der Waals surface area contributed by atoms with Crippen LogP contribution in [0.2, 0.25) is 0 Å².